The maximum absolute atomic E-state index is 13.2. The Hall–Kier alpha value is -3.04. The standard InChI is InChI=1S/C25H24O8/c1-25(2)32-22-20(29-13-14-9-5-4-6-10-14)21(31-24(22)33-25)19-17(23(27)28-3)18(26)15-11-7-8-12-16(15)30-19/h4-12,20-22,24H,13H2,1-3H3/t20-,21?,22+,24+/m1/s1. The van der Waals surface area contributed by atoms with Gasteiger partial charge in [0.2, 0.25) is 5.43 Å². The van der Waals surface area contributed by atoms with Crippen LogP contribution in [0.3, 0.4) is 0 Å². The van der Waals surface area contributed by atoms with Crippen molar-refractivity contribution < 1.29 is 32.9 Å². The third kappa shape index (κ3) is 3.95. The molecule has 0 N–H and O–H groups in total. The molecule has 5 rings (SSSR count). The minimum atomic E-state index is -0.925. The van der Waals surface area contributed by atoms with Crippen molar-refractivity contribution in [1.82, 2.24) is 0 Å². The van der Waals surface area contributed by atoms with Crippen LogP contribution in [0.15, 0.2) is 63.8 Å². The lowest BCUT2D eigenvalue weighted by Gasteiger charge is -2.26. The van der Waals surface area contributed by atoms with Gasteiger partial charge < -0.3 is 28.1 Å². The molecule has 2 fully saturated rings. The highest BCUT2D eigenvalue weighted by Crippen LogP contribution is 2.45. The Bertz CT molecular complexity index is 1230. The fourth-order valence-electron chi connectivity index (χ4n) is 4.29. The molecule has 2 aliphatic rings. The van der Waals surface area contributed by atoms with Crippen LogP contribution in [0, 0.1) is 0 Å². The highest BCUT2D eigenvalue weighted by molar-refractivity contribution is 5.94. The Labute approximate surface area is 190 Å². The molecule has 0 saturated carbocycles. The Kier molecular flexibility index (Phi) is 5.54. The minimum Gasteiger partial charge on any atom is -0.465 e. The zero-order chi connectivity index (χ0) is 23.2. The quantitative estimate of drug-likeness (QED) is 0.541. The SMILES string of the molecule is COC(=O)c1c(C2O[C@H]3OC(C)(C)O[C@H]3[C@@H]2OCc2ccccc2)oc2ccccc2c1=O. The van der Waals surface area contributed by atoms with Gasteiger partial charge in [-0.15, -0.1) is 0 Å². The molecule has 33 heavy (non-hydrogen) atoms. The number of esters is 1. The smallest absolute Gasteiger partial charge is 0.345 e. The second-order valence-corrected chi connectivity index (χ2v) is 8.44. The van der Waals surface area contributed by atoms with Crippen LogP contribution >= 0.6 is 0 Å². The van der Waals surface area contributed by atoms with Gasteiger partial charge in [0.25, 0.3) is 0 Å². The Balaban J connectivity index is 1.59. The summed E-state index contributed by atoms with van der Waals surface area (Å²) >= 11 is 0. The number of benzene rings is 2. The monoisotopic (exact) mass is 452 g/mol. The fraction of sp³-hybridized carbons (Fsp3) is 0.360. The maximum atomic E-state index is 13.2. The van der Waals surface area contributed by atoms with E-state index in [2.05, 4.69) is 0 Å². The van der Waals surface area contributed by atoms with Gasteiger partial charge >= 0.3 is 5.97 Å². The fourth-order valence-corrected chi connectivity index (χ4v) is 4.29. The van der Waals surface area contributed by atoms with Crippen molar-refractivity contribution in [2.45, 2.75) is 50.8 Å². The minimum absolute atomic E-state index is 0.0306. The zero-order valence-corrected chi connectivity index (χ0v) is 18.5. The maximum Gasteiger partial charge on any atom is 0.345 e. The summed E-state index contributed by atoms with van der Waals surface area (Å²) < 4.78 is 35.3. The average Bonchev–Trinajstić information content (AvgIpc) is 3.29. The highest BCUT2D eigenvalue weighted by Gasteiger charge is 2.57. The normalized spacial score (nSPS) is 25.8. The van der Waals surface area contributed by atoms with Gasteiger partial charge in [0.15, 0.2) is 17.8 Å². The number of hydrogen-bond donors (Lipinski definition) is 0. The van der Waals surface area contributed by atoms with Crippen LogP contribution in [0.5, 0.6) is 0 Å². The number of hydrogen-bond acceptors (Lipinski definition) is 8. The molecule has 0 bridgehead atoms. The molecule has 3 aromatic rings. The molecule has 2 aliphatic heterocycles. The van der Waals surface area contributed by atoms with Gasteiger partial charge in [0, 0.05) is 0 Å². The van der Waals surface area contributed by atoms with E-state index < -0.39 is 41.8 Å². The summed E-state index contributed by atoms with van der Waals surface area (Å²) in [6.45, 7) is 3.84. The largest absolute Gasteiger partial charge is 0.465 e. The van der Waals surface area contributed by atoms with Crippen molar-refractivity contribution in [3.05, 3.63) is 81.7 Å². The Morgan fingerprint density at radius 1 is 1.03 bits per heavy atom. The number of ether oxygens (including phenoxy) is 5. The zero-order valence-electron chi connectivity index (χ0n) is 18.5. The van der Waals surface area contributed by atoms with E-state index in [4.69, 9.17) is 28.1 Å². The van der Waals surface area contributed by atoms with Gasteiger partial charge in [-0.2, -0.15) is 0 Å². The van der Waals surface area contributed by atoms with E-state index in [9.17, 15) is 9.59 Å². The van der Waals surface area contributed by atoms with Gasteiger partial charge in [0.1, 0.15) is 29.5 Å². The molecule has 2 saturated heterocycles. The first kappa shape index (κ1) is 21.8. The van der Waals surface area contributed by atoms with Crippen molar-refractivity contribution in [3.63, 3.8) is 0 Å². The first-order chi connectivity index (χ1) is 15.9. The average molecular weight is 452 g/mol. The molecule has 8 nitrogen and oxygen atoms in total. The van der Waals surface area contributed by atoms with E-state index in [1.54, 1.807) is 38.1 Å². The van der Waals surface area contributed by atoms with E-state index in [0.29, 0.717) is 5.58 Å². The van der Waals surface area contributed by atoms with Gasteiger partial charge in [-0.1, -0.05) is 42.5 Å². The molecule has 1 aromatic heterocycles. The van der Waals surface area contributed by atoms with Crippen molar-refractivity contribution in [1.29, 1.82) is 0 Å². The Morgan fingerprint density at radius 3 is 2.52 bits per heavy atom. The van der Waals surface area contributed by atoms with Crippen LogP contribution < -0.4 is 5.43 Å². The lowest BCUT2D eigenvalue weighted by atomic mass is 10.0. The van der Waals surface area contributed by atoms with Crippen molar-refractivity contribution in [2.24, 2.45) is 0 Å². The molecule has 8 heteroatoms. The van der Waals surface area contributed by atoms with E-state index in [1.165, 1.54) is 7.11 Å². The number of fused-ring (bicyclic) bond motifs is 2. The van der Waals surface area contributed by atoms with E-state index in [1.807, 2.05) is 30.3 Å². The summed E-state index contributed by atoms with van der Waals surface area (Å²) in [7, 11) is 1.21. The second kappa shape index (κ2) is 8.39. The lowest BCUT2D eigenvalue weighted by molar-refractivity contribution is -0.222. The molecule has 0 aliphatic carbocycles. The van der Waals surface area contributed by atoms with Crippen LogP contribution in [0.25, 0.3) is 11.0 Å². The summed E-state index contributed by atoms with van der Waals surface area (Å²) in [5, 5.41) is 0.273. The van der Waals surface area contributed by atoms with Gasteiger partial charge in [-0.3, -0.25) is 4.79 Å². The molecule has 0 amide bonds. The number of methoxy groups -OCH3 is 1. The first-order valence-electron chi connectivity index (χ1n) is 10.7. The topological polar surface area (TPSA) is 93.4 Å². The van der Waals surface area contributed by atoms with Crippen molar-refractivity contribution in [3.8, 4) is 0 Å². The van der Waals surface area contributed by atoms with E-state index >= 15 is 0 Å². The molecular weight excluding hydrogens is 428 g/mol. The van der Waals surface area contributed by atoms with Crippen LogP contribution in [0.4, 0.5) is 0 Å². The third-order valence-electron chi connectivity index (χ3n) is 5.75. The Morgan fingerprint density at radius 2 is 1.76 bits per heavy atom. The van der Waals surface area contributed by atoms with Crippen LogP contribution in [-0.2, 0) is 30.3 Å². The summed E-state index contributed by atoms with van der Waals surface area (Å²) in [4.78, 5) is 25.9. The van der Waals surface area contributed by atoms with E-state index in [-0.39, 0.29) is 23.3 Å². The van der Waals surface area contributed by atoms with Crippen molar-refractivity contribution in [2.75, 3.05) is 7.11 Å². The second-order valence-electron chi connectivity index (χ2n) is 8.44. The summed E-state index contributed by atoms with van der Waals surface area (Å²) in [5.41, 5.74) is 0.554. The van der Waals surface area contributed by atoms with E-state index in [0.717, 1.165) is 5.56 Å². The number of para-hydroxylation sites is 1. The predicted molar refractivity (Wildman–Crippen MR) is 116 cm³/mol. The summed E-state index contributed by atoms with van der Waals surface area (Å²) in [5.74, 6) is -1.65. The van der Waals surface area contributed by atoms with Crippen LogP contribution in [0.1, 0.15) is 41.6 Å². The molecule has 2 aromatic carbocycles. The molecule has 172 valence electrons. The summed E-state index contributed by atoms with van der Waals surface area (Å²) in [6.07, 6.45) is -2.97. The molecule has 3 heterocycles. The number of carbonyl (C=O) groups excluding carboxylic acids is 1. The molecule has 4 atom stereocenters. The van der Waals surface area contributed by atoms with Gasteiger partial charge in [-0.05, 0) is 31.5 Å². The van der Waals surface area contributed by atoms with Gasteiger partial charge in [0.05, 0.1) is 19.1 Å². The van der Waals surface area contributed by atoms with Crippen molar-refractivity contribution >= 4 is 16.9 Å². The first-order valence-corrected chi connectivity index (χ1v) is 10.7. The number of rotatable bonds is 5. The van der Waals surface area contributed by atoms with Gasteiger partial charge in [-0.25, -0.2) is 4.79 Å². The third-order valence-corrected chi connectivity index (χ3v) is 5.75. The number of carbonyl (C=O) groups is 1. The molecule has 0 radical (unpaired) electrons. The highest BCUT2D eigenvalue weighted by atomic mass is 16.8. The van der Waals surface area contributed by atoms with Crippen LogP contribution in [-0.4, -0.2) is 37.4 Å². The van der Waals surface area contributed by atoms with Crippen LogP contribution in [0.2, 0.25) is 0 Å². The summed E-state index contributed by atoms with van der Waals surface area (Å²) in [6, 6.07) is 16.3. The molecule has 1 unspecified atom stereocenters. The predicted octanol–water partition coefficient (Wildman–Crippen LogP) is 3.71. The molecule has 0 spiro atoms. The lowest BCUT2D eigenvalue weighted by Crippen LogP contribution is -2.34. The molecular formula is C25H24O8.